The summed E-state index contributed by atoms with van der Waals surface area (Å²) in [6, 6.07) is 9.56. The van der Waals surface area contributed by atoms with Crippen molar-refractivity contribution in [2.45, 2.75) is 29.0 Å². The van der Waals surface area contributed by atoms with Crippen LogP contribution in [0.4, 0.5) is 0 Å². The lowest BCUT2D eigenvalue weighted by Crippen LogP contribution is -2.57. The van der Waals surface area contributed by atoms with E-state index >= 15 is 0 Å². The molecule has 25 heavy (non-hydrogen) atoms. The zero-order valence-corrected chi connectivity index (χ0v) is 14.5. The number of oxazole rings is 1. The van der Waals surface area contributed by atoms with Crippen molar-refractivity contribution < 1.29 is 9.21 Å². The first-order valence-electron chi connectivity index (χ1n) is 8.38. The first-order chi connectivity index (χ1) is 12.2. The molecule has 1 N–H and O–H groups in total. The van der Waals surface area contributed by atoms with E-state index in [2.05, 4.69) is 15.2 Å². The fourth-order valence-electron chi connectivity index (χ4n) is 3.51. The van der Waals surface area contributed by atoms with Crippen molar-refractivity contribution in [3.8, 4) is 6.07 Å². The van der Waals surface area contributed by atoms with Crippen molar-refractivity contribution in [1.29, 1.82) is 5.26 Å². The minimum atomic E-state index is -0.0156. The van der Waals surface area contributed by atoms with Gasteiger partial charge < -0.3 is 14.6 Å². The third-order valence-corrected chi connectivity index (χ3v) is 5.76. The maximum atomic E-state index is 12.5. The molecule has 1 aromatic heterocycles. The van der Waals surface area contributed by atoms with E-state index < -0.39 is 0 Å². The van der Waals surface area contributed by atoms with Gasteiger partial charge >= 0.3 is 0 Å². The van der Waals surface area contributed by atoms with E-state index in [1.807, 2.05) is 30.3 Å². The highest BCUT2D eigenvalue weighted by Gasteiger charge is 2.34. The van der Waals surface area contributed by atoms with Crippen molar-refractivity contribution >= 4 is 17.7 Å². The molecule has 3 aliphatic rings. The number of nitrogens with zero attached hydrogens (tertiary/aromatic N) is 3. The summed E-state index contributed by atoms with van der Waals surface area (Å²) in [7, 11) is 0. The fraction of sp³-hybridized carbons (Fsp3) is 0.389. The Hall–Kier alpha value is -2.30. The summed E-state index contributed by atoms with van der Waals surface area (Å²) >= 11 is 1.32. The van der Waals surface area contributed by atoms with Crippen molar-refractivity contribution in [1.82, 2.24) is 15.2 Å². The van der Waals surface area contributed by atoms with Gasteiger partial charge in [0.1, 0.15) is 12.3 Å². The Morgan fingerprint density at radius 2 is 2.08 bits per heavy atom. The smallest absolute Gasteiger partial charge is 0.261 e. The third-order valence-electron chi connectivity index (χ3n) is 4.89. The number of fused-ring (bicyclic) bond motifs is 3. The molecule has 3 saturated heterocycles. The number of carbonyl (C=O) groups is 1. The molecule has 128 valence electrons. The molecule has 7 heteroatoms. The number of nitrogens with one attached hydrogen (secondary N) is 1. The number of hydrogen-bond donors (Lipinski definition) is 1. The number of rotatable bonds is 4. The highest BCUT2D eigenvalue weighted by Crippen LogP contribution is 2.29. The van der Waals surface area contributed by atoms with E-state index in [0.717, 1.165) is 24.5 Å². The van der Waals surface area contributed by atoms with Crippen LogP contribution in [0, 0.1) is 17.2 Å². The molecular formula is C18H18N4O2S. The van der Waals surface area contributed by atoms with E-state index in [1.165, 1.54) is 30.9 Å². The molecule has 2 aromatic rings. The standard InChI is InChI=1S/C18H18N4O2S/c19-9-14-11-24-18(20-14)25-15-3-1-13(2-4-15)17(23)21-16-10-22-7-5-12(16)6-8-22/h1-4,11-12,16H,5-8,10H2,(H,21,23)/t16-/m0/s1. The van der Waals surface area contributed by atoms with E-state index in [-0.39, 0.29) is 17.6 Å². The average molecular weight is 354 g/mol. The summed E-state index contributed by atoms with van der Waals surface area (Å²) in [5.41, 5.74) is 0.918. The van der Waals surface area contributed by atoms with Crippen LogP contribution < -0.4 is 5.32 Å². The van der Waals surface area contributed by atoms with Gasteiger partial charge in [-0.3, -0.25) is 4.79 Å². The number of nitriles is 1. The maximum absolute atomic E-state index is 12.5. The van der Waals surface area contributed by atoms with Crippen molar-refractivity contribution in [2.75, 3.05) is 19.6 Å². The lowest BCUT2D eigenvalue weighted by molar-refractivity contribution is 0.0620. The van der Waals surface area contributed by atoms with Crippen molar-refractivity contribution in [2.24, 2.45) is 5.92 Å². The molecule has 6 nitrogen and oxygen atoms in total. The Kier molecular flexibility index (Phi) is 4.47. The summed E-state index contributed by atoms with van der Waals surface area (Å²) in [6.45, 7) is 3.30. The second-order valence-electron chi connectivity index (χ2n) is 6.45. The molecule has 0 unspecified atom stereocenters. The van der Waals surface area contributed by atoms with Crippen LogP contribution in [0.3, 0.4) is 0 Å². The second kappa shape index (κ2) is 6.90. The summed E-state index contributed by atoms with van der Waals surface area (Å²) in [5.74, 6) is 0.598. The molecular weight excluding hydrogens is 336 g/mol. The van der Waals surface area contributed by atoms with Crippen molar-refractivity contribution in [3.63, 3.8) is 0 Å². The van der Waals surface area contributed by atoms with Gasteiger partial charge in [0.15, 0.2) is 5.69 Å². The highest BCUT2D eigenvalue weighted by atomic mass is 32.2. The summed E-state index contributed by atoms with van der Waals surface area (Å²) in [6.07, 6.45) is 3.70. The predicted molar refractivity (Wildman–Crippen MR) is 92.2 cm³/mol. The lowest BCUT2D eigenvalue weighted by atomic mass is 9.84. The number of piperidine rings is 3. The fourth-order valence-corrected chi connectivity index (χ4v) is 4.23. The molecule has 3 aliphatic heterocycles. The van der Waals surface area contributed by atoms with Gasteiger partial charge in [0.2, 0.25) is 0 Å². The molecule has 1 atom stereocenters. The normalized spacial score (nSPS) is 24.7. The van der Waals surface area contributed by atoms with Crippen LogP contribution in [-0.4, -0.2) is 41.5 Å². The Labute approximate surface area is 150 Å². The highest BCUT2D eigenvalue weighted by molar-refractivity contribution is 7.99. The van der Waals surface area contributed by atoms with Gasteiger partial charge in [-0.1, -0.05) is 0 Å². The summed E-state index contributed by atoms with van der Waals surface area (Å²) in [5, 5.41) is 12.4. The van der Waals surface area contributed by atoms with E-state index in [4.69, 9.17) is 9.68 Å². The Morgan fingerprint density at radius 3 is 2.68 bits per heavy atom. The predicted octanol–water partition coefficient (Wildman–Crippen LogP) is 2.52. The number of aromatic nitrogens is 1. The Bertz CT molecular complexity index is 803. The molecule has 5 rings (SSSR count). The first kappa shape index (κ1) is 16.2. The molecule has 0 saturated carbocycles. The molecule has 0 spiro atoms. The SMILES string of the molecule is N#Cc1coc(Sc2ccc(C(=O)N[C@H]3CN4CCC3CC4)cc2)n1. The number of benzene rings is 1. The molecule has 4 heterocycles. The largest absolute Gasteiger partial charge is 0.438 e. The van der Waals surface area contributed by atoms with Gasteiger partial charge in [0.25, 0.3) is 11.1 Å². The number of amides is 1. The lowest BCUT2D eigenvalue weighted by Gasteiger charge is -2.44. The van der Waals surface area contributed by atoms with Crippen LogP contribution in [-0.2, 0) is 0 Å². The average Bonchev–Trinajstić information content (AvgIpc) is 3.11. The first-order valence-corrected chi connectivity index (χ1v) is 9.19. The summed E-state index contributed by atoms with van der Waals surface area (Å²) in [4.78, 5) is 19.9. The topological polar surface area (TPSA) is 82.2 Å². The zero-order valence-electron chi connectivity index (χ0n) is 13.6. The zero-order chi connectivity index (χ0) is 17.2. The van der Waals surface area contributed by atoms with Crippen LogP contribution in [0.5, 0.6) is 0 Å². The number of carbonyl (C=O) groups excluding carboxylic acids is 1. The van der Waals surface area contributed by atoms with Gasteiger partial charge in [-0.2, -0.15) is 10.2 Å². The molecule has 1 amide bonds. The monoisotopic (exact) mass is 354 g/mol. The molecule has 1 aromatic carbocycles. The van der Waals surface area contributed by atoms with Gasteiger partial charge in [0, 0.05) is 23.0 Å². The maximum Gasteiger partial charge on any atom is 0.261 e. The van der Waals surface area contributed by atoms with Gasteiger partial charge in [-0.15, -0.1) is 0 Å². The Morgan fingerprint density at radius 1 is 1.32 bits per heavy atom. The molecule has 3 fully saturated rings. The van der Waals surface area contributed by atoms with E-state index in [9.17, 15) is 4.79 Å². The summed E-state index contributed by atoms with van der Waals surface area (Å²) < 4.78 is 5.21. The molecule has 0 aliphatic carbocycles. The molecule has 2 bridgehead atoms. The van der Waals surface area contributed by atoms with Crippen LogP contribution in [0.1, 0.15) is 28.9 Å². The van der Waals surface area contributed by atoms with E-state index in [0.29, 0.717) is 16.7 Å². The van der Waals surface area contributed by atoms with Gasteiger partial charge in [0.05, 0.1) is 0 Å². The van der Waals surface area contributed by atoms with Crippen LogP contribution in [0.15, 0.2) is 45.1 Å². The quantitative estimate of drug-likeness (QED) is 0.908. The Balaban J connectivity index is 1.38. The van der Waals surface area contributed by atoms with Gasteiger partial charge in [-0.05, 0) is 67.9 Å². The minimum absolute atomic E-state index is 0.0156. The van der Waals surface area contributed by atoms with Crippen LogP contribution in [0.2, 0.25) is 0 Å². The minimum Gasteiger partial charge on any atom is -0.438 e. The van der Waals surface area contributed by atoms with Crippen LogP contribution >= 0.6 is 11.8 Å². The number of hydrogen-bond acceptors (Lipinski definition) is 6. The second-order valence-corrected chi connectivity index (χ2v) is 7.48. The third kappa shape index (κ3) is 3.55. The van der Waals surface area contributed by atoms with Crippen LogP contribution in [0.25, 0.3) is 0 Å². The van der Waals surface area contributed by atoms with Gasteiger partial charge in [-0.25, -0.2) is 0 Å². The van der Waals surface area contributed by atoms with E-state index in [1.54, 1.807) is 0 Å². The van der Waals surface area contributed by atoms with Crippen molar-refractivity contribution in [3.05, 3.63) is 41.8 Å². The molecule has 0 radical (unpaired) electrons.